The number of aliphatic carboxylic acids is 1. The number of carboxylic acids is 1. The second-order valence-electron chi connectivity index (χ2n) is 6.54. The fraction of sp³-hybridized carbons (Fsp3) is 0.867. The molecule has 7 heteroatoms. The van der Waals surface area contributed by atoms with E-state index in [1.807, 2.05) is 6.92 Å². The van der Waals surface area contributed by atoms with Crippen molar-refractivity contribution < 1.29 is 23.1 Å². The van der Waals surface area contributed by atoms with E-state index in [9.17, 15) is 23.1 Å². The van der Waals surface area contributed by atoms with Crippen LogP contribution in [0.1, 0.15) is 39.0 Å². The molecule has 0 aromatic rings. The van der Waals surface area contributed by atoms with Gasteiger partial charge in [0.1, 0.15) is 5.75 Å². The van der Waals surface area contributed by atoms with Crippen LogP contribution in [0.2, 0.25) is 0 Å². The topological polar surface area (TPSA) is 91.8 Å². The summed E-state index contributed by atoms with van der Waals surface area (Å²) < 4.78 is 23.9. The van der Waals surface area contributed by atoms with Gasteiger partial charge in [0.2, 0.25) is 5.91 Å². The van der Waals surface area contributed by atoms with E-state index in [1.165, 1.54) is 4.90 Å². The van der Waals surface area contributed by atoms with Crippen LogP contribution in [0, 0.1) is 17.8 Å². The summed E-state index contributed by atoms with van der Waals surface area (Å²) in [6, 6.07) is 0. The third-order valence-electron chi connectivity index (χ3n) is 4.66. The quantitative estimate of drug-likeness (QED) is 0.674. The van der Waals surface area contributed by atoms with Crippen molar-refractivity contribution in [1.29, 1.82) is 0 Å². The molecular weight excluding hydrogens is 306 g/mol. The Morgan fingerprint density at radius 3 is 2.41 bits per heavy atom. The van der Waals surface area contributed by atoms with Crippen LogP contribution in [-0.2, 0) is 19.4 Å². The van der Waals surface area contributed by atoms with Crippen molar-refractivity contribution in [3.63, 3.8) is 0 Å². The lowest BCUT2D eigenvalue weighted by atomic mass is 9.92. The smallest absolute Gasteiger partial charge is 0.308 e. The maximum atomic E-state index is 12.2. The molecule has 0 unspecified atom stereocenters. The lowest BCUT2D eigenvalue weighted by molar-refractivity contribution is -0.142. The van der Waals surface area contributed by atoms with Gasteiger partial charge in [-0.25, -0.2) is 8.42 Å². The average Bonchev–Trinajstić information content (AvgIpc) is 3.16. The van der Waals surface area contributed by atoms with Gasteiger partial charge in [-0.2, -0.15) is 0 Å². The standard InChI is InChI=1S/C15H25NO5S/c1-2-3-4-7-22(20,21)10-14(17)16-8-12(11-5-6-11)13(9-16)15(18)19/h11-13H,2-10H2,1H3,(H,18,19)/t12-,13+/m1/s1. The first-order chi connectivity index (χ1) is 10.3. The molecule has 2 rings (SSSR count). The van der Waals surface area contributed by atoms with E-state index in [4.69, 9.17) is 0 Å². The number of likely N-dealkylation sites (tertiary alicyclic amines) is 1. The molecule has 126 valence electrons. The van der Waals surface area contributed by atoms with Crippen LogP contribution in [-0.4, -0.2) is 54.9 Å². The minimum absolute atomic E-state index is 0.00996. The molecule has 2 fully saturated rings. The molecule has 1 saturated carbocycles. The van der Waals surface area contributed by atoms with Gasteiger partial charge in [-0.3, -0.25) is 9.59 Å². The molecule has 1 N–H and O–H groups in total. The van der Waals surface area contributed by atoms with Gasteiger partial charge in [-0.1, -0.05) is 19.8 Å². The number of hydrogen-bond acceptors (Lipinski definition) is 4. The molecule has 2 aliphatic rings. The van der Waals surface area contributed by atoms with Crippen molar-refractivity contribution in [2.45, 2.75) is 39.0 Å². The van der Waals surface area contributed by atoms with Gasteiger partial charge >= 0.3 is 5.97 Å². The summed E-state index contributed by atoms with van der Waals surface area (Å²) in [4.78, 5) is 25.0. The molecule has 0 aromatic heterocycles. The molecule has 0 radical (unpaired) electrons. The molecule has 22 heavy (non-hydrogen) atoms. The molecule has 1 amide bonds. The Balaban J connectivity index is 1.91. The zero-order valence-corrected chi connectivity index (χ0v) is 13.8. The number of sulfone groups is 1. The Bertz CT molecular complexity index is 526. The zero-order chi connectivity index (χ0) is 16.3. The minimum Gasteiger partial charge on any atom is -0.481 e. The summed E-state index contributed by atoms with van der Waals surface area (Å²) in [5, 5.41) is 9.28. The summed E-state index contributed by atoms with van der Waals surface area (Å²) in [6.45, 7) is 2.54. The highest BCUT2D eigenvalue weighted by molar-refractivity contribution is 7.92. The third kappa shape index (κ3) is 4.44. The monoisotopic (exact) mass is 331 g/mol. The molecule has 1 heterocycles. The summed E-state index contributed by atoms with van der Waals surface area (Å²) >= 11 is 0. The van der Waals surface area contributed by atoms with Crippen molar-refractivity contribution in [2.75, 3.05) is 24.6 Å². The van der Waals surface area contributed by atoms with E-state index in [1.54, 1.807) is 0 Å². The first kappa shape index (κ1) is 17.2. The van der Waals surface area contributed by atoms with Gasteiger partial charge in [0.05, 0.1) is 11.7 Å². The molecule has 1 aliphatic carbocycles. The van der Waals surface area contributed by atoms with Crippen molar-refractivity contribution >= 4 is 21.7 Å². The maximum Gasteiger partial charge on any atom is 0.308 e. The largest absolute Gasteiger partial charge is 0.481 e. The highest BCUT2D eigenvalue weighted by Gasteiger charge is 2.47. The number of carboxylic acid groups (broad SMARTS) is 1. The van der Waals surface area contributed by atoms with Gasteiger partial charge in [0.15, 0.2) is 9.84 Å². The third-order valence-corrected chi connectivity index (χ3v) is 6.26. The molecular formula is C15H25NO5S. The minimum atomic E-state index is -3.39. The van der Waals surface area contributed by atoms with Crippen molar-refractivity contribution in [3.8, 4) is 0 Å². The van der Waals surface area contributed by atoms with E-state index >= 15 is 0 Å². The van der Waals surface area contributed by atoms with Gasteiger partial charge < -0.3 is 10.0 Å². The number of hydrogen-bond donors (Lipinski definition) is 1. The fourth-order valence-electron chi connectivity index (χ4n) is 3.22. The predicted molar refractivity (Wildman–Crippen MR) is 82.1 cm³/mol. The van der Waals surface area contributed by atoms with E-state index < -0.39 is 33.4 Å². The first-order valence-corrected chi connectivity index (χ1v) is 9.87. The highest BCUT2D eigenvalue weighted by Crippen LogP contribution is 2.44. The van der Waals surface area contributed by atoms with Crippen molar-refractivity contribution in [2.24, 2.45) is 17.8 Å². The summed E-state index contributed by atoms with van der Waals surface area (Å²) in [5.74, 6) is -1.93. The van der Waals surface area contributed by atoms with E-state index in [0.717, 1.165) is 25.7 Å². The molecule has 0 spiro atoms. The number of nitrogens with zero attached hydrogens (tertiary/aromatic N) is 1. The van der Waals surface area contributed by atoms with Crippen molar-refractivity contribution in [3.05, 3.63) is 0 Å². The summed E-state index contributed by atoms with van der Waals surface area (Å²) in [5.41, 5.74) is 0. The molecule has 1 saturated heterocycles. The normalized spacial score (nSPS) is 25.4. The number of unbranched alkanes of at least 4 members (excludes halogenated alkanes) is 2. The number of carbonyl (C=O) groups is 2. The van der Waals surface area contributed by atoms with Gasteiger partial charge in [0, 0.05) is 13.1 Å². The van der Waals surface area contributed by atoms with Gasteiger partial charge in [-0.15, -0.1) is 0 Å². The molecule has 2 atom stereocenters. The SMILES string of the molecule is CCCCCS(=O)(=O)CC(=O)N1C[C@H](C(=O)O)[C@@H](C2CC2)C1. The van der Waals surface area contributed by atoms with Crippen LogP contribution in [0.4, 0.5) is 0 Å². The lowest BCUT2D eigenvalue weighted by Crippen LogP contribution is -2.35. The second kappa shape index (κ2) is 6.98. The van der Waals surface area contributed by atoms with Crippen LogP contribution in [0.3, 0.4) is 0 Å². The van der Waals surface area contributed by atoms with E-state index in [2.05, 4.69) is 0 Å². The van der Waals surface area contributed by atoms with E-state index in [-0.39, 0.29) is 18.2 Å². The second-order valence-corrected chi connectivity index (χ2v) is 8.73. The maximum absolute atomic E-state index is 12.2. The Labute approximate surface area is 131 Å². The predicted octanol–water partition coefficient (Wildman–Crippen LogP) is 1.16. The molecule has 6 nitrogen and oxygen atoms in total. The summed E-state index contributed by atoms with van der Waals surface area (Å²) in [7, 11) is -3.39. The van der Waals surface area contributed by atoms with Crippen LogP contribution >= 0.6 is 0 Å². The number of amides is 1. The summed E-state index contributed by atoms with van der Waals surface area (Å²) in [6.07, 6.45) is 4.38. The number of carbonyl (C=O) groups excluding carboxylic acids is 1. The fourth-order valence-corrected chi connectivity index (χ4v) is 4.57. The van der Waals surface area contributed by atoms with Crippen LogP contribution < -0.4 is 0 Å². The molecule has 0 aromatic carbocycles. The van der Waals surface area contributed by atoms with Crippen molar-refractivity contribution in [1.82, 2.24) is 4.90 Å². The molecule has 0 bridgehead atoms. The molecule has 1 aliphatic heterocycles. The van der Waals surface area contributed by atoms with Crippen LogP contribution in [0.25, 0.3) is 0 Å². The van der Waals surface area contributed by atoms with Crippen LogP contribution in [0.5, 0.6) is 0 Å². The average molecular weight is 331 g/mol. The van der Waals surface area contributed by atoms with Gasteiger partial charge in [-0.05, 0) is 31.1 Å². The Hall–Kier alpha value is -1.11. The Morgan fingerprint density at radius 2 is 1.86 bits per heavy atom. The Morgan fingerprint density at radius 1 is 1.18 bits per heavy atom. The zero-order valence-electron chi connectivity index (χ0n) is 13.0. The number of rotatable bonds is 8. The van der Waals surface area contributed by atoms with E-state index in [0.29, 0.717) is 18.9 Å². The van der Waals surface area contributed by atoms with Gasteiger partial charge in [0.25, 0.3) is 0 Å². The Kier molecular flexibility index (Phi) is 5.47. The van der Waals surface area contributed by atoms with Crippen LogP contribution in [0.15, 0.2) is 0 Å². The first-order valence-electron chi connectivity index (χ1n) is 8.05. The lowest BCUT2D eigenvalue weighted by Gasteiger charge is -2.16. The highest BCUT2D eigenvalue weighted by atomic mass is 32.2.